The van der Waals surface area contributed by atoms with Crippen molar-refractivity contribution >= 4 is 17.1 Å². The van der Waals surface area contributed by atoms with Gasteiger partial charge in [-0.05, 0) is 44.4 Å². The maximum atomic E-state index is 12.7. The van der Waals surface area contributed by atoms with E-state index in [2.05, 4.69) is 6.92 Å². The summed E-state index contributed by atoms with van der Waals surface area (Å²) in [6.45, 7) is 6.03. The van der Waals surface area contributed by atoms with Gasteiger partial charge >= 0.3 is 0 Å². The fourth-order valence-corrected chi connectivity index (χ4v) is 6.92. The van der Waals surface area contributed by atoms with Gasteiger partial charge in [-0.25, -0.2) is 5.06 Å². The number of amides is 1. The number of carbonyl (C=O) groups excluding carboxylic acids is 1. The van der Waals surface area contributed by atoms with Crippen molar-refractivity contribution in [3.05, 3.63) is 0 Å². The van der Waals surface area contributed by atoms with E-state index >= 15 is 0 Å². The number of rotatable bonds is 15. The van der Waals surface area contributed by atoms with E-state index in [1.165, 1.54) is 39.2 Å². The molecule has 2 rings (SSSR count). The molecule has 1 N–H and O–H groups in total. The molecular formula is C24H45NO4S. The van der Waals surface area contributed by atoms with Crippen molar-refractivity contribution in [1.29, 1.82) is 0 Å². The van der Waals surface area contributed by atoms with E-state index in [9.17, 15) is 14.6 Å². The summed E-state index contributed by atoms with van der Waals surface area (Å²) in [6.07, 6.45) is 14.3. The van der Waals surface area contributed by atoms with Gasteiger partial charge in [0, 0.05) is 18.4 Å². The molecule has 6 heteroatoms. The molecule has 5 atom stereocenters. The van der Waals surface area contributed by atoms with E-state index in [-0.39, 0.29) is 5.91 Å². The Balaban J connectivity index is 1.69. The molecular weight excluding hydrogens is 398 g/mol. The lowest BCUT2D eigenvalue weighted by Crippen LogP contribution is -2.36. The maximum absolute atomic E-state index is 12.7. The summed E-state index contributed by atoms with van der Waals surface area (Å²) in [5.74, 6) is 2.49. The van der Waals surface area contributed by atoms with Crippen LogP contribution in [0.4, 0.5) is 0 Å². The monoisotopic (exact) mass is 443 g/mol. The number of unbranched alkanes of at least 4 members (excludes halogenated alkanes) is 6. The number of hydroxylamine groups is 2. The third kappa shape index (κ3) is 7.68. The molecule has 0 aliphatic carbocycles. The first-order chi connectivity index (χ1) is 14.3. The zero-order chi connectivity index (χ0) is 22.1. The van der Waals surface area contributed by atoms with Crippen LogP contribution in [0.2, 0.25) is 0 Å². The van der Waals surface area contributed by atoms with Crippen LogP contribution in [-0.4, -0.2) is 51.5 Å². The van der Waals surface area contributed by atoms with Gasteiger partial charge in [0.05, 0.1) is 12.2 Å². The molecule has 176 valence electrons. The van der Waals surface area contributed by atoms with Gasteiger partial charge in [0.25, 0.3) is 5.91 Å². The molecule has 30 heavy (non-hydrogen) atoms. The number of ether oxygens (including phenoxy) is 1. The summed E-state index contributed by atoms with van der Waals surface area (Å²) < 4.78 is 18.9. The lowest BCUT2D eigenvalue weighted by molar-refractivity contribution is -0.169. The Morgan fingerprint density at radius 3 is 2.37 bits per heavy atom. The fourth-order valence-electron chi connectivity index (χ4n) is 5.33. The minimum absolute atomic E-state index is 0.221. The summed E-state index contributed by atoms with van der Waals surface area (Å²) in [4.78, 5) is 12.0. The molecule has 2 aliphatic rings. The number of hydrogen-bond donors (Lipinski definition) is 1. The van der Waals surface area contributed by atoms with Gasteiger partial charge in [0.2, 0.25) is 0 Å². The van der Waals surface area contributed by atoms with Crippen LogP contribution in [0.3, 0.4) is 0 Å². The first-order valence-corrected chi connectivity index (χ1v) is 13.7. The lowest BCUT2D eigenvalue weighted by atomic mass is 9.77. The number of hydrogen-bond acceptors (Lipinski definition) is 4. The molecule has 2 heterocycles. The minimum atomic E-state index is -0.714. The second-order valence-electron chi connectivity index (χ2n) is 10.2. The minimum Gasteiger partial charge on any atom is -0.616 e. The largest absolute Gasteiger partial charge is 0.616 e. The van der Waals surface area contributed by atoms with Crippen molar-refractivity contribution in [2.75, 3.05) is 18.6 Å². The Hall–Kier alpha value is -0.300. The van der Waals surface area contributed by atoms with Crippen molar-refractivity contribution in [1.82, 2.24) is 5.06 Å². The predicted octanol–water partition coefficient (Wildman–Crippen LogP) is 5.32. The maximum Gasteiger partial charge on any atom is 0.251 e. The van der Waals surface area contributed by atoms with Gasteiger partial charge in [-0.1, -0.05) is 70.5 Å². The molecule has 5 unspecified atom stereocenters. The molecule has 2 bridgehead atoms. The summed E-state index contributed by atoms with van der Waals surface area (Å²) in [6, 6.07) is 0. The second-order valence-corrected chi connectivity index (χ2v) is 11.8. The zero-order valence-corrected chi connectivity index (χ0v) is 20.6. The molecule has 2 aliphatic heterocycles. The second kappa shape index (κ2) is 12.7. The topological polar surface area (TPSA) is 72.8 Å². The highest BCUT2D eigenvalue weighted by molar-refractivity contribution is 7.91. The van der Waals surface area contributed by atoms with Crippen LogP contribution in [0.25, 0.3) is 0 Å². The molecule has 0 saturated carbocycles. The van der Waals surface area contributed by atoms with Crippen LogP contribution < -0.4 is 0 Å². The van der Waals surface area contributed by atoms with Crippen molar-refractivity contribution in [3.8, 4) is 0 Å². The first kappa shape index (κ1) is 26.0. The zero-order valence-electron chi connectivity index (χ0n) is 19.7. The van der Waals surface area contributed by atoms with Gasteiger partial charge in [0.1, 0.15) is 11.5 Å². The van der Waals surface area contributed by atoms with Crippen LogP contribution in [0, 0.1) is 17.3 Å². The van der Waals surface area contributed by atoms with Crippen molar-refractivity contribution in [2.24, 2.45) is 17.3 Å². The van der Waals surface area contributed by atoms with Crippen LogP contribution in [0.5, 0.6) is 0 Å². The van der Waals surface area contributed by atoms with E-state index in [1.54, 1.807) is 0 Å². The smallest absolute Gasteiger partial charge is 0.251 e. The van der Waals surface area contributed by atoms with E-state index < -0.39 is 16.6 Å². The Morgan fingerprint density at radius 2 is 1.70 bits per heavy atom. The van der Waals surface area contributed by atoms with Crippen LogP contribution in [-0.2, 0) is 20.7 Å². The summed E-state index contributed by atoms with van der Waals surface area (Å²) in [5.41, 5.74) is -0.518. The number of nitrogens with zero attached hydrogens (tertiary/aromatic N) is 1. The van der Waals surface area contributed by atoms with Crippen LogP contribution >= 0.6 is 0 Å². The number of fused-ring (bicyclic) bond motifs is 2. The SMILES string of the molecule is CCCCCCC[S+]([O-])CC1C2CCC(O2)C1CCCCCC(C)(C)C(=O)N(C)O. The third-order valence-corrected chi connectivity index (χ3v) is 8.66. The van der Waals surface area contributed by atoms with Gasteiger partial charge in [-0.2, -0.15) is 0 Å². The average molecular weight is 444 g/mol. The van der Waals surface area contributed by atoms with Crippen molar-refractivity contribution < 1.29 is 19.3 Å². The molecule has 2 fully saturated rings. The average Bonchev–Trinajstić information content (AvgIpc) is 3.29. The molecule has 0 radical (unpaired) electrons. The molecule has 0 spiro atoms. The van der Waals surface area contributed by atoms with Gasteiger partial charge in [-0.3, -0.25) is 10.0 Å². The molecule has 1 amide bonds. The van der Waals surface area contributed by atoms with Crippen molar-refractivity contribution in [2.45, 2.75) is 110 Å². The standard InChI is InChI=1S/C24H45NO4S/c1-5-6-7-8-12-17-30(28)18-20-19(21-14-15-22(20)29-21)13-10-9-11-16-24(2,3)23(26)25(4)27/h19-22,27H,5-18H2,1-4H3. The number of carbonyl (C=O) groups is 1. The Bertz CT molecular complexity index is 513. The third-order valence-electron chi connectivity index (χ3n) is 7.16. The fraction of sp³-hybridized carbons (Fsp3) is 0.958. The summed E-state index contributed by atoms with van der Waals surface area (Å²) >= 11 is -0.714. The quantitative estimate of drug-likeness (QED) is 0.161. The van der Waals surface area contributed by atoms with Crippen molar-refractivity contribution in [3.63, 3.8) is 0 Å². The van der Waals surface area contributed by atoms with E-state index in [0.717, 1.165) is 56.5 Å². The lowest BCUT2D eigenvalue weighted by Gasteiger charge is -2.29. The van der Waals surface area contributed by atoms with E-state index in [0.29, 0.717) is 29.1 Å². The molecule has 0 aromatic carbocycles. The van der Waals surface area contributed by atoms with Gasteiger partial charge < -0.3 is 9.29 Å². The molecule has 0 aromatic rings. The van der Waals surface area contributed by atoms with E-state index in [1.807, 2.05) is 13.8 Å². The Kier molecular flexibility index (Phi) is 11.0. The highest BCUT2D eigenvalue weighted by Gasteiger charge is 2.49. The molecule has 5 nitrogen and oxygen atoms in total. The summed E-state index contributed by atoms with van der Waals surface area (Å²) in [7, 11) is 1.40. The van der Waals surface area contributed by atoms with E-state index in [4.69, 9.17) is 4.74 Å². The van der Waals surface area contributed by atoms with Crippen LogP contribution in [0.15, 0.2) is 0 Å². The van der Waals surface area contributed by atoms with Gasteiger partial charge in [-0.15, -0.1) is 0 Å². The highest BCUT2D eigenvalue weighted by Crippen LogP contribution is 2.46. The molecule has 2 saturated heterocycles. The Labute approximate surface area is 187 Å². The first-order valence-electron chi connectivity index (χ1n) is 12.2. The highest BCUT2D eigenvalue weighted by atomic mass is 32.2. The van der Waals surface area contributed by atoms with Crippen LogP contribution in [0.1, 0.15) is 97.8 Å². The normalized spacial score (nSPS) is 26.9. The van der Waals surface area contributed by atoms with Gasteiger partial charge in [0.15, 0.2) is 0 Å². The predicted molar refractivity (Wildman–Crippen MR) is 123 cm³/mol. The Morgan fingerprint density at radius 1 is 1.07 bits per heavy atom. The summed E-state index contributed by atoms with van der Waals surface area (Å²) in [5, 5.41) is 10.1. The molecule has 0 aromatic heterocycles.